The van der Waals surface area contributed by atoms with Crippen LogP contribution in [0.1, 0.15) is 37.5 Å². The lowest BCUT2D eigenvalue weighted by atomic mass is 10.1. The second-order valence-corrected chi connectivity index (χ2v) is 21.0. The lowest BCUT2D eigenvalue weighted by Crippen LogP contribution is -2.30. The SMILES string of the molecule is CCCC(=O)N(CSP(=S)(OC)OC)c1ccccc1Cl.CCOC(=O)C(SP(=S)(OC)OC)c1ccccc1. The Morgan fingerprint density at radius 3 is 1.95 bits per heavy atom. The molecular weight excluding hydrogens is 652 g/mol. The van der Waals surface area contributed by atoms with Crippen LogP contribution < -0.4 is 4.90 Å². The fourth-order valence-corrected chi connectivity index (χ4v) is 9.65. The number of carbonyl (C=O) groups is 2. The second-order valence-electron chi connectivity index (χ2n) is 7.55. The molecule has 0 bridgehead atoms. The van der Waals surface area contributed by atoms with Gasteiger partial charge in [0, 0.05) is 34.9 Å². The van der Waals surface area contributed by atoms with Gasteiger partial charge >= 0.3 is 5.97 Å². The molecule has 1 unspecified atom stereocenters. The zero-order valence-electron chi connectivity index (χ0n) is 23.3. The molecule has 0 spiro atoms. The van der Waals surface area contributed by atoms with Crippen molar-refractivity contribution in [1.29, 1.82) is 0 Å². The topological polar surface area (TPSA) is 83.5 Å². The van der Waals surface area contributed by atoms with Crippen LogP contribution in [-0.2, 0) is 56.0 Å². The number of esters is 1. The maximum atomic E-state index is 12.3. The Kier molecular flexibility index (Phi) is 18.4. The predicted molar refractivity (Wildman–Crippen MR) is 176 cm³/mol. The average Bonchev–Trinajstić information content (AvgIpc) is 2.97. The Labute approximate surface area is 261 Å². The molecule has 1 atom stereocenters. The summed E-state index contributed by atoms with van der Waals surface area (Å²) in [5, 5.41) is -0.00225. The second kappa shape index (κ2) is 19.7. The van der Waals surface area contributed by atoms with Gasteiger partial charge in [0.2, 0.25) is 17.3 Å². The molecule has 40 heavy (non-hydrogen) atoms. The highest BCUT2D eigenvalue weighted by molar-refractivity contribution is 8.68. The first-order valence-electron chi connectivity index (χ1n) is 12.1. The van der Waals surface area contributed by atoms with Gasteiger partial charge in [-0.15, -0.1) is 0 Å². The van der Waals surface area contributed by atoms with Crippen molar-refractivity contribution in [3.63, 3.8) is 0 Å². The summed E-state index contributed by atoms with van der Waals surface area (Å²) in [6.07, 6.45) is 1.22. The monoisotopic (exact) mass is 687 g/mol. The van der Waals surface area contributed by atoms with Crippen molar-refractivity contribution >= 4 is 86.9 Å². The zero-order valence-corrected chi connectivity index (χ0v) is 29.1. The van der Waals surface area contributed by atoms with E-state index in [0.29, 0.717) is 29.6 Å². The molecule has 1 amide bonds. The molecule has 224 valence electrons. The van der Waals surface area contributed by atoms with Crippen LogP contribution >= 0.6 is 45.8 Å². The van der Waals surface area contributed by atoms with Crippen LogP contribution in [0.25, 0.3) is 0 Å². The Morgan fingerprint density at radius 1 is 0.900 bits per heavy atom. The number of hydrogen-bond acceptors (Lipinski definition) is 11. The number of carbonyl (C=O) groups excluding carboxylic acids is 2. The lowest BCUT2D eigenvalue weighted by Gasteiger charge is -2.26. The summed E-state index contributed by atoms with van der Waals surface area (Å²) in [5.74, 6) is 0.0236. The van der Waals surface area contributed by atoms with Crippen LogP contribution in [-0.4, -0.2) is 52.8 Å². The number of ether oxygens (including phenoxy) is 1. The van der Waals surface area contributed by atoms with Crippen LogP contribution in [0.3, 0.4) is 0 Å². The highest BCUT2D eigenvalue weighted by atomic mass is 35.5. The third-order valence-corrected chi connectivity index (χ3v) is 16.7. The number of halogens is 1. The van der Waals surface area contributed by atoms with Crippen LogP contribution in [0.15, 0.2) is 54.6 Å². The molecule has 2 aromatic carbocycles. The minimum absolute atomic E-state index is 0.00635. The zero-order chi connectivity index (χ0) is 30.2. The van der Waals surface area contributed by atoms with Gasteiger partial charge in [-0.3, -0.25) is 9.59 Å². The molecule has 0 N–H and O–H groups in total. The van der Waals surface area contributed by atoms with E-state index in [1.54, 1.807) is 17.9 Å². The number of nitrogens with zero attached hydrogens (tertiary/aromatic N) is 1. The van der Waals surface area contributed by atoms with E-state index in [1.807, 2.05) is 55.5 Å². The summed E-state index contributed by atoms with van der Waals surface area (Å²) in [4.78, 5) is 26.0. The van der Waals surface area contributed by atoms with Crippen LogP contribution in [0, 0.1) is 0 Å². The average molecular weight is 688 g/mol. The molecule has 0 saturated carbocycles. The summed E-state index contributed by atoms with van der Waals surface area (Å²) >= 11 is 19.3. The molecule has 0 aliphatic heterocycles. The largest absolute Gasteiger partial charge is 0.465 e. The molecule has 0 heterocycles. The van der Waals surface area contributed by atoms with E-state index in [9.17, 15) is 9.59 Å². The molecule has 0 fully saturated rings. The van der Waals surface area contributed by atoms with Gasteiger partial charge in [0.15, 0.2) is 0 Å². The quantitative estimate of drug-likeness (QED) is 0.103. The maximum Gasteiger partial charge on any atom is 0.324 e. The molecule has 2 rings (SSSR count). The summed E-state index contributed by atoms with van der Waals surface area (Å²) in [5.41, 5.74) is -3.44. The number of benzene rings is 2. The first-order chi connectivity index (χ1) is 19.0. The summed E-state index contributed by atoms with van der Waals surface area (Å²) in [6, 6.07) is 16.6. The van der Waals surface area contributed by atoms with Crippen molar-refractivity contribution < 1.29 is 32.4 Å². The third kappa shape index (κ3) is 12.4. The number of para-hydroxylation sites is 1. The highest BCUT2D eigenvalue weighted by Gasteiger charge is 2.31. The van der Waals surface area contributed by atoms with Crippen molar-refractivity contribution in [3.05, 3.63) is 65.2 Å². The maximum absolute atomic E-state index is 12.3. The van der Waals surface area contributed by atoms with Crippen molar-refractivity contribution in [1.82, 2.24) is 0 Å². The fourth-order valence-electron chi connectivity index (χ4n) is 2.98. The van der Waals surface area contributed by atoms with Crippen LogP contribution in [0.5, 0.6) is 0 Å². The van der Waals surface area contributed by atoms with Crippen molar-refractivity contribution in [2.75, 3.05) is 45.8 Å². The lowest BCUT2D eigenvalue weighted by molar-refractivity contribution is -0.142. The molecule has 15 heteroatoms. The van der Waals surface area contributed by atoms with Gasteiger partial charge in [0.05, 0.1) is 23.2 Å². The highest BCUT2D eigenvalue weighted by Crippen LogP contribution is 2.65. The minimum atomic E-state index is -2.53. The van der Waals surface area contributed by atoms with E-state index >= 15 is 0 Å². The normalized spacial score (nSPS) is 12.2. The van der Waals surface area contributed by atoms with Gasteiger partial charge in [0.25, 0.3) is 0 Å². The van der Waals surface area contributed by atoms with Gasteiger partial charge in [-0.2, -0.15) is 0 Å². The first-order valence-corrected chi connectivity index (χ1v) is 20.8. The molecule has 0 saturated heterocycles. The number of rotatable bonds is 15. The summed E-state index contributed by atoms with van der Waals surface area (Å²) < 4.78 is 26.0. The van der Waals surface area contributed by atoms with Crippen LogP contribution in [0.4, 0.5) is 5.69 Å². The Hall–Kier alpha value is -0.490. The Morgan fingerprint density at radius 2 is 1.45 bits per heavy atom. The Bertz CT molecular complexity index is 1150. The van der Waals surface area contributed by atoms with Gasteiger partial charge in [-0.1, -0.05) is 72.4 Å². The standard InChI is InChI=1S/C13H19ClNO3PS2.C12H17O4PS2/c1-4-7-13(16)15(10-21-19(20,17-2)18-3)12-9-6-5-8-11(12)14;1-4-16-12(13)11(10-8-6-5-7-9-10)19-17(18,14-2)15-3/h5-6,8-9H,4,7,10H2,1-3H3;5-9,11H,4H2,1-3H3. The third-order valence-electron chi connectivity index (χ3n) is 4.99. The van der Waals surface area contributed by atoms with Crippen LogP contribution in [0.2, 0.25) is 5.02 Å². The van der Waals surface area contributed by atoms with Crippen molar-refractivity contribution in [2.45, 2.75) is 31.9 Å². The Balaban J connectivity index is 0.000000402. The molecule has 0 aromatic heterocycles. The van der Waals surface area contributed by atoms with E-state index < -0.39 is 16.6 Å². The van der Waals surface area contributed by atoms with E-state index in [4.69, 9.17) is 58.0 Å². The summed E-state index contributed by atoms with van der Waals surface area (Å²) in [6.45, 7) is 4.06. The van der Waals surface area contributed by atoms with Gasteiger partial charge in [0.1, 0.15) is 5.25 Å². The van der Waals surface area contributed by atoms with Gasteiger partial charge < -0.3 is 27.7 Å². The number of amides is 1. The van der Waals surface area contributed by atoms with Crippen molar-refractivity contribution in [3.8, 4) is 0 Å². The molecule has 0 aliphatic rings. The van der Waals surface area contributed by atoms with Gasteiger partial charge in [-0.05, 0) is 66.0 Å². The predicted octanol–water partition coefficient (Wildman–Crippen LogP) is 8.22. The van der Waals surface area contributed by atoms with E-state index in [-0.39, 0.29) is 11.9 Å². The molecule has 0 radical (unpaired) electrons. The van der Waals surface area contributed by atoms with E-state index in [1.165, 1.54) is 51.2 Å². The number of anilines is 1. The van der Waals surface area contributed by atoms with E-state index in [0.717, 1.165) is 12.0 Å². The molecule has 0 aliphatic carbocycles. The summed E-state index contributed by atoms with van der Waals surface area (Å²) in [7, 11) is 6.02. The van der Waals surface area contributed by atoms with Crippen molar-refractivity contribution in [2.24, 2.45) is 0 Å². The van der Waals surface area contributed by atoms with E-state index in [2.05, 4.69) is 0 Å². The molecular formula is C25H36ClNO7P2S4. The first kappa shape index (κ1) is 37.5. The molecule has 8 nitrogen and oxygen atoms in total. The smallest absolute Gasteiger partial charge is 0.324 e. The fraction of sp³-hybridized carbons (Fsp3) is 0.440. The minimum Gasteiger partial charge on any atom is -0.465 e. The van der Waals surface area contributed by atoms with Gasteiger partial charge in [-0.25, -0.2) is 0 Å². The molecule has 2 aromatic rings. The number of hydrogen-bond donors (Lipinski definition) is 0.